The van der Waals surface area contributed by atoms with Gasteiger partial charge in [-0.05, 0) is 46.7 Å². The summed E-state index contributed by atoms with van der Waals surface area (Å²) in [5, 5.41) is 13.4. The van der Waals surface area contributed by atoms with E-state index in [0.717, 1.165) is 38.7 Å². The molecule has 8 heteroatoms. The Morgan fingerprint density at radius 3 is 2.36 bits per heavy atom. The number of hydrogen-bond donors (Lipinski definition) is 3. The van der Waals surface area contributed by atoms with Crippen LogP contribution >= 0.6 is 0 Å². The molecule has 0 spiro atoms. The number of likely N-dealkylation sites (tertiary alicyclic amines) is 1. The molecule has 39 heavy (non-hydrogen) atoms. The van der Waals surface area contributed by atoms with E-state index in [1.165, 1.54) is 4.90 Å². The number of aromatic amines is 1. The van der Waals surface area contributed by atoms with Gasteiger partial charge in [0.25, 0.3) is 0 Å². The first-order chi connectivity index (χ1) is 19.0. The molecule has 1 aliphatic carbocycles. The average molecular weight is 524 g/mol. The number of benzene rings is 3. The lowest BCUT2D eigenvalue weighted by atomic mass is 9.98. The highest BCUT2D eigenvalue weighted by atomic mass is 16.5. The highest BCUT2D eigenvalue weighted by Gasteiger charge is 2.38. The van der Waals surface area contributed by atoms with Crippen LogP contribution in [0.25, 0.3) is 22.0 Å². The van der Waals surface area contributed by atoms with Crippen LogP contribution in [0.1, 0.15) is 35.4 Å². The third-order valence-electron chi connectivity index (χ3n) is 7.85. The third kappa shape index (κ3) is 4.63. The number of amides is 2. The van der Waals surface area contributed by atoms with Gasteiger partial charge in [0.15, 0.2) is 0 Å². The van der Waals surface area contributed by atoms with Crippen molar-refractivity contribution < 1.29 is 24.2 Å². The van der Waals surface area contributed by atoms with Crippen molar-refractivity contribution in [2.24, 2.45) is 0 Å². The van der Waals surface area contributed by atoms with Crippen LogP contribution in [-0.2, 0) is 20.7 Å². The monoisotopic (exact) mass is 523 g/mol. The number of H-pyrrole nitrogens is 1. The van der Waals surface area contributed by atoms with E-state index in [9.17, 15) is 19.5 Å². The number of para-hydroxylation sites is 1. The fourth-order valence-electron chi connectivity index (χ4n) is 5.99. The van der Waals surface area contributed by atoms with Crippen LogP contribution in [-0.4, -0.2) is 58.2 Å². The molecule has 8 nitrogen and oxygen atoms in total. The van der Waals surface area contributed by atoms with Crippen molar-refractivity contribution in [1.82, 2.24) is 15.2 Å². The van der Waals surface area contributed by atoms with Gasteiger partial charge in [0, 0.05) is 36.0 Å². The van der Waals surface area contributed by atoms with Crippen molar-refractivity contribution in [3.8, 4) is 11.1 Å². The minimum absolute atomic E-state index is 0.110. The van der Waals surface area contributed by atoms with Crippen LogP contribution in [0.15, 0.2) is 79.0 Å². The van der Waals surface area contributed by atoms with Crippen LogP contribution in [0.5, 0.6) is 0 Å². The molecule has 0 radical (unpaired) electrons. The van der Waals surface area contributed by atoms with E-state index in [-0.39, 0.29) is 18.9 Å². The smallest absolute Gasteiger partial charge is 0.407 e. The Morgan fingerprint density at radius 2 is 1.64 bits per heavy atom. The molecule has 2 heterocycles. The highest BCUT2D eigenvalue weighted by molar-refractivity contribution is 5.91. The zero-order chi connectivity index (χ0) is 26.9. The van der Waals surface area contributed by atoms with Crippen molar-refractivity contribution in [3.63, 3.8) is 0 Å². The van der Waals surface area contributed by atoms with Crippen molar-refractivity contribution in [2.75, 3.05) is 13.2 Å². The number of nitrogens with zero attached hydrogens (tertiary/aromatic N) is 1. The van der Waals surface area contributed by atoms with Crippen molar-refractivity contribution >= 4 is 28.9 Å². The Balaban J connectivity index is 1.22. The summed E-state index contributed by atoms with van der Waals surface area (Å²) in [6.07, 6.45) is 2.32. The second-order valence-corrected chi connectivity index (χ2v) is 10.1. The molecule has 3 aromatic carbocycles. The first-order valence-electron chi connectivity index (χ1n) is 13.2. The Labute approximate surface area is 225 Å². The van der Waals surface area contributed by atoms with Gasteiger partial charge in [0.05, 0.1) is 0 Å². The molecule has 6 rings (SSSR count). The minimum Gasteiger partial charge on any atom is -0.480 e. The molecule has 1 fully saturated rings. The highest BCUT2D eigenvalue weighted by Crippen LogP contribution is 2.44. The predicted octanol–water partition coefficient (Wildman–Crippen LogP) is 4.69. The van der Waals surface area contributed by atoms with Gasteiger partial charge in [0.1, 0.15) is 18.7 Å². The normalized spacial score (nSPS) is 17.0. The van der Waals surface area contributed by atoms with Crippen LogP contribution in [0.2, 0.25) is 0 Å². The molecular weight excluding hydrogens is 494 g/mol. The number of alkyl carbamates (subject to hydrolysis) is 1. The number of aliphatic carboxylic acids is 1. The number of carbonyl (C=O) groups is 3. The lowest BCUT2D eigenvalue weighted by molar-refractivity contribution is -0.148. The number of ether oxygens (including phenoxy) is 1. The minimum atomic E-state index is -1.03. The van der Waals surface area contributed by atoms with Gasteiger partial charge in [-0.2, -0.15) is 0 Å². The van der Waals surface area contributed by atoms with Gasteiger partial charge in [-0.3, -0.25) is 4.79 Å². The Hall–Kier alpha value is -4.59. The summed E-state index contributed by atoms with van der Waals surface area (Å²) >= 11 is 0. The number of rotatable bonds is 7. The van der Waals surface area contributed by atoms with Gasteiger partial charge in [0.2, 0.25) is 5.91 Å². The van der Waals surface area contributed by atoms with E-state index in [1.54, 1.807) is 0 Å². The maximum Gasteiger partial charge on any atom is 0.407 e. The first kappa shape index (κ1) is 24.7. The van der Waals surface area contributed by atoms with Crippen molar-refractivity contribution in [1.29, 1.82) is 0 Å². The van der Waals surface area contributed by atoms with Crippen LogP contribution in [0.3, 0.4) is 0 Å². The molecule has 2 aliphatic rings. The maximum absolute atomic E-state index is 13.6. The summed E-state index contributed by atoms with van der Waals surface area (Å²) in [7, 11) is 0. The van der Waals surface area contributed by atoms with E-state index >= 15 is 0 Å². The van der Waals surface area contributed by atoms with Crippen LogP contribution in [0, 0.1) is 0 Å². The van der Waals surface area contributed by atoms with Gasteiger partial charge in [-0.25, -0.2) is 9.59 Å². The SMILES string of the molecule is O=C(N[C@@H](Cc1c[nH]c2ccccc12)C(=O)N1CCC[C@@H]1C(=O)O)OCC1c2ccccc2-c2ccccc21. The molecule has 2 amide bonds. The molecule has 0 bridgehead atoms. The fraction of sp³-hybridized carbons (Fsp3) is 0.258. The number of nitrogens with one attached hydrogen (secondary N) is 2. The number of carbonyl (C=O) groups excluding carboxylic acids is 2. The summed E-state index contributed by atoms with van der Waals surface area (Å²) < 4.78 is 5.72. The largest absolute Gasteiger partial charge is 0.480 e. The summed E-state index contributed by atoms with van der Waals surface area (Å²) in [4.78, 5) is 43.1. The molecular formula is C31H29N3O5. The maximum atomic E-state index is 13.6. The number of fused-ring (bicyclic) bond motifs is 4. The lowest BCUT2D eigenvalue weighted by Gasteiger charge is -2.27. The van der Waals surface area contributed by atoms with E-state index in [2.05, 4.69) is 22.4 Å². The van der Waals surface area contributed by atoms with E-state index in [1.807, 2.05) is 66.9 Å². The molecule has 2 atom stereocenters. The van der Waals surface area contributed by atoms with E-state index < -0.39 is 30.1 Å². The number of carboxylic acid groups (broad SMARTS) is 1. The summed E-state index contributed by atoms with van der Waals surface area (Å²) in [5.74, 6) is -1.56. The zero-order valence-corrected chi connectivity index (χ0v) is 21.3. The van der Waals surface area contributed by atoms with Gasteiger partial charge < -0.3 is 25.0 Å². The van der Waals surface area contributed by atoms with Gasteiger partial charge in [-0.15, -0.1) is 0 Å². The molecule has 4 aromatic rings. The molecule has 0 unspecified atom stereocenters. The molecule has 3 N–H and O–H groups in total. The average Bonchev–Trinajstić information content (AvgIpc) is 3.68. The summed E-state index contributed by atoms with van der Waals surface area (Å²) in [5.41, 5.74) is 6.23. The topological polar surface area (TPSA) is 112 Å². The number of carboxylic acids is 1. The van der Waals surface area contributed by atoms with Gasteiger partial charge >= 0.3 is 12.1 Å². The number of hydrogen-bond acceptors (Lipinski definition) is 4. The van der Waals surface area contributed by atoms with Gasteiger partial charge in [-0.1, -0.05) is 66.7 Å². The Kier molecular flexibility index (Phi) is 6.52. The second-order valence-electron chi connectivity index (χ2n) is 10.1. The van der Waals surface area contributed by atoms with E-state index in [0.29, 0.717) is 19.4 Å². The molecule has 198 valence electrons. The van der Waals surface area contributed by atoms with Crippen molar-refractivity contribution in [2.45, 2.75) is 37.3 Å². The third-order valence-corrected chi connectivity index (χ3v) is 7.85. The molecule has 0 saturated carbocycles. The standard InChI is InChI=1S/C31H29N3O5/c35-29(34-15-7-14-28(34)30(36)37)27(16-19-17-32-26-13-6-5-8-20(19)26)33-31(38)39-18-25-23-11-3-1-9-21(23)22-10-2-4-12-24(22)25/h1-6,8-13,17,25,27-28,32H,7,14-16,18H2,(H,33,38)(H,36,37)/t27-,28+/m0/s1. The predicted molar refractivity (Wildman–Crippen MR) is 146 cm³/mol. The molecule has 1 aliphatic heterocycles. The van der Waals surface area contributed by atoms with Crippen LogP contribution in [0.4, 0.5) is 4.79 Å². The van der Waals surface area contributed by atoms with E-state index in [4.69, 9.17) is 4.74 Å². The molecule has 1 saturated heterocycles. The number of aromatic nitrogens is 1. The molecule has 1 aromatic heterocycles. The Morgan fingerprint density at radius 1 is 0.974 bits per heavy atom. The zero-order valence-electron chi connectivity index (χ0n) is 21.3. The van der Waals surface area contributed by atoms with Crippen LogP contribution < -0.4 is 5.32 Å². The first-order valence-corrected chi connectivity index (χ1v) is 13.2. The van der Waals surface area contributed by atoms with Crippen molar-refractivity contribution in [3.05, 3.63) is 95.7 Å². The quantitative estimate of drug-likeness (QED) is 0.325. The second kappa shape index (κ2) is 10.3. The summed E-state index contributed by atoms with van der Waals surface area (Å²) in [6, 6.07) is 22.0. The Bertz CT molecular complexity index is 1520. The lowest BCUT2D eigenvalue weighted by Crippen LogP contribution is -2.52. The fourth-order valence-corrected chi connectivity index (χ4v) is 5.99. The summed E-state index contributed by atoms with van der Waals surface area (Å²) in [6.45, 7) is 0.460.